The Kier molecular flexibility index (Phi) is 3.73. The van der Waals surface area contributed by atoms with Crippen molar-refractivity contribution >= 4 is 22.6 Å². The summed E-state index contributed by atoms with van der Waals surface area (Å²) in [5.41, 5.74) is 8.88. The van der Waals surface area contributed by atoms with Gasteiger partial charge in [0, 0.05) is 6.54 Å². The zero-order valence-corrected chi connectivity index (χ0v) is 12.3. The number of rotatable bonds is 3. The molecule has 0 saturated carbocycles. The second-order valence-corrected chi connectivity index (χ2v) is 5.08. The second kappa shape index (κ2) is 5.68. The maximum absolute atomic E-state index is 6.20. The molecule has 0 aliphatic rings. The first-order valence-corrected chi connectivity index (χ1v) is 6.95. The number of halogens is 1. The molecule has 0 bridgehead atoms. The number of nitrogens with zero attached hydrogens (tertiary/aromatic N) is 2. The van der Waals surface area contributed by atoms with Gasteiger partial charge in [-0.2, -0.15) is 0 Å². The van der Waals surface area contributed by atoms with Gasteiger partial charge in [0.1, 0.15) is 11.4 Å². The van der Waals surface area contributed by atoms with Gasteiger partial charge >= 0.3 is 0 Å². The Morgan fingerprint density at radius 2 is 1.81 bits per heavy atom. The van der Waals surface area contributed by atoms with Gasteiger partial charge in [0.15, 0.2) is 0 Å². The Hall–Kier alpha value is -2.17. The Bertz CT molecular complexity index is 805. The van der Waals surface area contributed by atoms with Crippen LogP contribution in [0.15, 0.2) is 42.5 Å². The Labute approximate surface area is 127 Å². The molecule has 0 saturated heterocycles. The van der Waals surface area contributed by atoms with E-state index in [9.17, 15) is 0 Å². The molecule has 3 aromatic rings. The van der Waals surface area contributed by atoms with Gasteiger partial charge < -0.3 is 10.5 Å². The van der Waals surface area contributed by atoms with Crippen LogP contribution < -0.4 is 10.5 Å². The molecule has 1 heterocycles. The van der Waals surface area contributed by atoms with Crippen molar-refractivity contribution in [3.8, 4) is 11.6 Å². The average molecular weight is 300 g/mol. The molecule has 3 rings (SSSR count). The van der Waals surface area contributed by atoms with Gasteiger partial charge in [-0.1, -0.05) is 29.8 Å². The van der Waals surface area contributed by atoms with E-state index >= 15 is 0 Å². The first kappa shape index (κ1) is 13.8. The number of aromatic nitrogens is 2. The first-order chi connectivity index (χ1) is 10.2. The highest BCUT2D eigenvalue weighted by molar-refractivity contribution is 6.32. The van der Waals surface area contributed by atoms with Crippen molar-refractivity contribution in [3.63, 3.8) is 0 Å². The molecule has 0 aliphatic carbocycles. The van der Waals surface area contributed by atoms with Crippen LogP contribution in [-0.2, 0) is 6.54 Å². The van der Waals surface area contributed by atoms with E-state index in [2.05, 4.69) is 9.97 Å². The van der Waals surface area contributed by atoms with Crippen LogP contribution in [0.5, 0.6) is 11.6 Å². The lowest BCUT2D eigenvalue weighted by atomic mass is 10.2. The second-order valence-electron chi connectivity index (χ2n) is 4.67. The number of fused-ring (bicyclic) bond motifs is 1. The number of hydrogen-bond acceptors (Lipinski definition) is 4. The van der Waals surface area contributed by atoms with E-state index < -0.39 is 0 Å². The largest absolute Gasteiger partial charge is 0.436 e. The van der Waals surface area contributed by atoms with E-state index in [4.69, 9.17) is 22.1 Å². The fourth-order valence-electron chi connectivity index (χ4n) is 2.03. The highest BCUT2D eigenvalue weighted by Crippen LogP contribution is 2.31. The zero-order chi connectivity index (χ0) is 14.8. The molecular weight excluding hydrogens is 286 g/mol. The molecule has 0 atom stereocenters. The summed E-state index contributed by atoms with van der Waals surface area (Å²) in [4.78, 5) is 8.97. The molecule has 1 aromatic heterocycles. The fraction of sp³-hybridized carbons (Fsp3) is 0.125. The van der Waals surface area contributed by atoms with Gasteiger partial charge in [0.2, 0.25) is 5.88 Å². The number of benzene rings is 2. The molecule has 2 aromatic carbocycles. The van der Waals surface area contributed by atoms with E-state index in [-0.39, 0.29) is 0 Å². The number of aryl methyl sites for hydroxylation is 1. The molecule has 0 amide bonds. The Morgan fingerprint density at radius 3 is 2.48 bits per heavy atom. The summed E-state index contributed by atoms with van der Waals surface area (Å²) in [6, 6.07) is 13.1. The van der Waals surface area contributed by atoms with E-state index in [1.807, 2.05) is 37.3 Å². The molecule has 0 radical (unpaired) electrons. The van der Waals surface area contributed by atoms with Gasteiger partial charge in [0.05, 0.1) is 16.1 Å². The number of hydrogen-bond donors (Lipinski definition) is 1. The van der Waals surface area contributed by atoms with Crippen LogP contribution in [0.1, 0.15) is 11.3 Å². The predicted octanol–water partition coefficient (Wildman–Crippen LogP) is 3.84. The number of ether oxygens (including phenoxy) is 1. The highest BCUT2D eigenvalue weighted by atomic mass is 35.5. The topological polar surface area (TPSA) is 61.0 Å². The molecule has 106 valence electrons. The number of para-hydroxylation sites is 2. The summed E-state index contributed by atoms with van der Waals surface area (Å²) in [6.45, 7) is 2.30. The van der Waals surface area contributed by atoms with E-state index in [0.29, 0.717) is 28.9 Å². The molecule has 0 unspecified atom stereocenters. The van der Waals surface area contributed by atoms with Crippen molar-refractivity contribution in [2.45, 2.75) is 13.5 Å². The van der Waals surface area contributed by atoms with Crippen LogP contribution in [-0.4, -0.2) is 9.97 Å². The van der Waals surface area contributed by atoms with Crippen LogP contribution in [0, 0.1) is 6.92 Å². The standard InChI is InChI=1S/C16H14ClN3O/c1-10-16(20-14-5-3-2-4-13(14)19-10)21-15-7-6-11(9-18)8-12(15)17/h2-8H,9,18H2,1H3. The van der Waals surface area contributed by atoms with Crippen LogP contribution in [0.3, 0.4) is 0 Å². The zero-order valence-electron chi connectivity index (χ0n) is 11.5. The first-order valence-electron chi connectivity index (χ1n) is 6.57. The minimum atomic E-state index is 0.439. The summed E-state index contributed by atoms with van der Waals surface area (Å²) in [5, 5.41) is 0.507. The molecule has 0 aliphatic heterocycles. The third-order valence-electron chi connectivity index (χ3n) is 3.14. The molecule has 21 heavy (non-hydrogen) atoms. The van der Waals surface area contributed by atoms with Gasteiger partial charge in [-0.3, -0.25) is 0 Å². The van der Waals surface area contributed by atoms with Gasteiger partial charge in [-0.25, -0.2) is 9.97 Å². The van der Waals surface area contributed by atoms with Crippen molar-refractivity contribution in [3.05, 3.63) is 58.7 Å². The third kappa shape index (κ3) is 2.82. The van der Waals surface area contributed by atoms with Crippen molar-refractivity contribution in [1.29, 1.82) is 0 Å². The average Bonchev–Trinajstić information content (AvgIpc) is 2.49. The fourth-order valence-corrected chi connectivity index (χ4v) is 2.27. The molecule has 0 spiro atoms. The summed E-state index contributed by atoms with van der Waals surface area (Å²) in [7, 11) is 0. The molecule has 4 nitrogen and oxygen atoms in total. The minimum Gasteiger partial charge on any atom is -0.436 e. The van der Waals surface area contributed by atoms with E-state index in [1.54, 1.807) is 12.1 Å². The Morgan fingerprint density at radius 1 is 1.10 bits per heavy atom. The smallest absolute Gasteiger partial charge is 0.241 e. The maximum Gasteiger partial charge on any atom is 0.241 e. The lowest BCUT2D eigenvalue weighted by Gasteiger charge is -2.10. The van der Waals surface area contributed by atoms with Gasteiger partial charge in [-0.05, 0) is 36.8 Å². The minimum absolute atomic E-state index is 0.439. The third-order valence-corrected chi connectivity index (χ3v) is 3.44. The molecular formula is C16H14ClN3O. The lowest BCUT2D eigenvalue weighted by Crippen LogP contribution is -1.98. The summed E-state index contributed by atoms with van der Waals surface area (Å²) in [6.07, 6.45) is 0. The quantitative estimate of drug-likeness (QED) is 0.798. The number of nitrogens with two attached hydrogens (primary N) is 1. The molecule has 5 heteroatoms. The van der Waals surface area contributed by atoms with Crippen LogP contribution >= 0.6 is 11.6 Å². The van der Waals surface area contributed by atoms with Crippen molar-refractivity contribution in [2.75, 3.05) is 0 Å². The van der Waals surface area contributed by atoms with Crippen molar-refractivity contribution in [1.82, 2.24) is 9.97 Å². The SMILES string of the molecule is Cc1nc2ccccc2nc1Oc1ccc(CN)cc1Cl. The highest BCUT2D eigenvalue weighted by Gasteiger charge is 2.10. The van der Waals surface area contributed by atoms with Gasteiger partial charge in [0.25, 0.3) is 0 Å². The van der Waals surface area contributed by atoms with E-state index in [0.717, 1.165) is 16.6 Å². The van der Waals surface area contributed by atoms with Crippen molar-refractivity contribution in [2.24, 2.45) is 5.73 Å². The molecule has 0 fully saturated rings. The van der Waals surface area contributed by atoms with Crippen LogP contribution in [0.4, 0.5) is 0 Å². The predicted molar refractivity (Wildman–Crippen MR) is 83.7 cm³/mol. The maximum atomic E-state index is 6.20. The lowest BCUT2D eigenvalue weighted by molar-refractivity contribution is 0.458. The van der Waals surface area contributed by atoms with Crippen molar-refractivity contribution < 1.29 is 4.74 Å². The van der Waals surface area contributed by atoms with Crippen LogP contribution in [0.2, 0.25) is 5.02 Å². The van der Waals surface area contributed by atoms with Gasteiger partial charge in [-0.15, -0.1) is 0 Å². The Balaban J connectivity index is 1.99. The van der Waals surface area contributed by atoms with E-state index in [1.165, 1.54) is 0 Å². The normalized spacial score (nSPS) is 10.8. The summed E-state index contributed by atoms with van der Waals surface area (Å²) in [5.74, 6) is 0.998. The molecule has 2 N–H and O–H groups in total. The summed E-state index contributed by atoms with van der Waals surface area (Å²) < 4.78 is 5.80. The van der Waals surface area contributed by atoms with Crippen LogP contribution in [0.25, 0.3) is 11.0 Å². The summed E-state index contributed by atoms with van der Waals surface area (Å²) >= 11 is 6.20. The monoisotopic (exact) mass is 299 g/mol.